The molecule has 9 heteroatoms. The van der Waals surface area contributed by atoms with Gasteiger partial charge in [0.05, 0.1) is 53.9 Å². The number of hydrogen-bond acceptors (Lipinski definition) is 8. The highest BCUT2D eigenvalue weighted by Crippen LogP contribution is 2.49. The summed E-state index contributed by atoms with van der Waals surface area (Å²) in [5, 5.41) is 1.66. The fraction of sp³-hybridized carbons (Fsp3) is 0.171. The minimum atomic E-state index is -0.433. The molecule has 44 heavy (non-hydrogen) atoms. The van der Waals surface area contributed by atoms with Gasteiger partial charge >= 0.3 is 5.63 Å². The van der Waals surface area contributed by atoms with Crippen LogP contribution >= 0.6 is 0 Å². The van der Waals surface area contributed by atoms with Crippen LogP contribution in [0.25, 0.3) is 55.4 Å². The van der Waals surface area contributed by atoms with Gasteiger partial charge in [0.1, 0.15) is 5.58 Å². The summed E-state index contributed by atoms with van der Waals surface area (Å²) in [5.74, 6) is 2.96. The lowest BCUT2D eigenvalue weighted by molar-refractivity contribution is 0.324. The molecular weight excluding hydrogens is 562 g/mol. The first kappa shape index (κ1) is 28.5. The van der Waals surface area contributed by atoms with Crippen molar-refractivity contribution in [2.45, 2.75) is 0 Å². The van der Waals surface area contributed by atoms with Crippen LogP contribution in [0.2, 0.25) is 0 Å². The summed E-state index contributed by atoms with van der Waals surface area (Å²) in [6.07, 6.45) is 0. The molecule has 0 unspecified atom stereocenters. The summed E-state index contributed by atoms with van der Waals surface area (Å²) in [6, 6.07) is 22.7. The van der Waals surface area contributed by atoms with Gasteiger partial charge in [0.25, 0.3) is 0 Å². The molecular formula is C35H31NO8. The topological polar surface area (TPSA) is 101 Å². The molecule has 2 aromatic heterocycles. The lowest BCUT2D eigenvalue weighted by Gasteiger charge is -2.16. The quantitative estimate of drug-likeness (QED) is 0.174. The van der Waals surface area contributed by atoms with Gasteiger partial charge in [-0.1, -0.05) is 30.3 Å². The van der Waals surface area contributed by atoms with E-state index < -0.39 is 5.63 Å². The van der Waals surface area contributed by atoms with Crippen LogP contribution in [-0.4, -0.2) is 47.6 Å². The lowest BCUT2D eigenvalue weighted by Crippen LogP contribution is -1.98. The Morgan fingerprint density at radius 3 is 1.64 bits per heavy atom. The smallest absolute Gasteiger partial charge is 0.336 e. The molecule has 224 valence electrons. The molecule has 0 radical (unpaired) electrons. The van der Waals surface area contributed by atoms with Crippen molar-refractivity contribution in [2.24, 2.45) is 0 Å². The minimum Gasteiger partial charge on any atom is -0.493 e. The summed E-state index contributed by atoms with van der Waals surface area (Å²) in [7, 11) is 9.45. The van der Waals surface area contributed by atoms with Gasteiger partial charge in [-0.2, -0.15) is 0 Å². The van der Waals surface area contributed by atoms with E-state index >= 15 is 0 Å². The Bertz CT molecular complexity index is 2010. The normalized spacial score (nSPS) is 11.0. The predicted molar refractivity (Wildman–Crippen MR) is 170 cm³/mol. The Morgan fingerprint density at radius 1 is 0.568 bits per heavy atom. The number of ether oxygens (including phenoxy) is 6. The summed E-state index contributed by atoms with van der Waals surface area (Å²) >= 11 is 0. The third-order valence-electron chi connectivity index (χ3n) is 7.65. The van der Waals surface area contributed by atoms with E-state index in [0.717, 1.165) is 49.8 Å². The van der Waals surface area contributed by atoms with Crippen LogP contribution in [0, 0.1) is 0 Å². The van der Waals surface area contributed by atoms with Gasteiger partial charge in [-0.25, -0.2) is 4.79 Å². The first-order valence-corrected chi connectivity index (χ1v) is 13.7. The molecule has 6 rings (SSSR count). The van der Waals surface area contributed by atoms with Crippen LogP contribution < -0.4 is 34.0 Å². The summed E-state index contributed by atoms with van der Waals surface area (Å²) in [4.78, 5) is 16.2. The maximum absolute atomic E-state index is 12.7. The molecule has 4 aromatic carbocycles. The fourth-order valence-corrected chi connectivity index (χ4v) is 5.67. The number of rotatable bonds is 9. The van der Waals surface area contributed by atoms with Crippen LogP contribution in [-0.2, 0) is 0 Å². The van der Waals surface area contributed by atoms with Gasteiger partial charge in [-0.15, -0.1) is 0 Å². The molecule has 0 spiro atoms. The van der Waals surface area contributed by atoms with E-state index in [1.165, 1.54) is 6.07 Å². The number of methoxy groups -OCH3 is 6. The van der Waals surface area contributed by atoms with Crippen LogP contribution in [0.5, 0.6) is 34.5 Å². The average molecular weight is 594 g/mol. The van der Waals surface area contributed by atoms with Crippen molar-refractivity contribution in [3.05, 3.63) is 83.2 Å². The zero-order valence-electron chi connectivity index (χ0n) is 25.2. The van der Waals surface area contributed by atoms with Crippen LogP contribution in [0.1, 0.15) is 0 Å². The van der Waals surface area contributed by atoms with Gasteiger partial charge in [-0.3, -0.25) is 0 Å². The molecule has 6 aromatic rings. The van der Waals surface area contributed by atoms with E-state index in [9.17, 15) is 4.79 Å². The number of fused-ring (bicyclic) bond motifs is 2. The Morgan fingerprint density at radius 2 is 1.11 bits per heavy atom. The highest BCUT2D eigenvalue weighted by molar-refractivity contribution is 6.11. The molecule has 1 N–H and O–H groups in total. The molecule has 0 aliphatic heterocycles. The molecule has 0 atom stereocenters. The van der Waals surface area contributed by atoms with Gasteiger partial charge in [0.2, 0.25) is 11.5 Å². The highest BCUT2D eigenvalue weighted by atomic mass is 16.5. The van der Waals surface area contributed by atoms with Crippen molar-refractivity contribution in [2.75, 3.05) is 42.7 Å². The van der Waals surface area contributed by atoms with Crippen molar-refractivity contribution in [1.29, 1.82) is 0 Å². The van der Waals surface area contributed by atoms with Gasteiger partial charge in [0.15, 0.2) is 23.0 Å². The first-order valence-electron chi connectivity index (χ1n) is 13.7. The monoisotopic (exact) mass is 593 g/mol. The number of hydrogen-bond donors (Lipinski definition) is 1. The van der Waals surface area contributed by atoms with E-state index in [1.807, 2.05) is 66.7 Å². The standard InChI is InChI=1S/C35H31NO8/c1-38-27-12-20(13-28(39-2)34(27)42-5)32-24-16-23-22(19-10-8-7-9-11-19)17-31(37)44-26(23)18-25(24)36-33(32)21-14-29(40-3)35(43-6)30(15-21)41-4/h7-18,36H,1-6H3. The summed E-state index contributed by atoms with van der Waals surface area (Å²) < 4.78 is 39.7. The second-order valence-electron chi connectivity index (χ2n) is 9.94. The maximum atomic E-state index is 12.7. The molecule has 0 saturated carbocycles. The number of H-pyrrole nitrogens is 1. The SMILES string of the molecule is COc1cc(-c2[nH]c3cc4oc(=O)cc(-c5ccccc5)c4cc3c2-c2cc(OC)c(OC)c(OC)c2)cc(OC)c1OC. The third kappa shape index (κ3) is 4.72. The molecule has 2 heterocycles. The molecule has 0 aliphatic rings. The lowest BCUT2D eigenvalue weighted by atomic mass is 9.95. The predicted octanol–water partition coefficient (Wildman–Crippen LogP) is 7.33. The largest absolute Gasteiger partial charge is 0.493 e. The van der Waals surface area contributed by atoms with E-state index in [-0.39, 0.29) is 0 Å². The average Bonchev–Trinajstić information content (AvgIpc) is 3.44. The third-order valence-corrected chi connectivity index (χ3v) is 7.65. The Kier molecular flexibility index (Phi) is 7.53. The highest BCUT2D eigenvalue weighted by Gasteiger charge is 2.24. The second-order valence-corrected chi connectivity index (χ2v) is 9.94. The van der Waals surface area contributed by atoms with Crippen LogP contribution in [0.15, 0.2) is 82.0 Å². The summed E-state index contributed by atoms with van der Waals surface area (Å²) in [5.41, 5.74) is 5.62. The maximum Gasteiger partial charge on any atom is 0.336 e. The minimum absolute atomic E-state index is 0.433. The van der Waals surface area contributed by atoms with Crippen molar-refractivity contribution >= 4 is 21.9 Å². The Balaban J connectivity index is 1.75. The van der Waals surface area contributed by atoms with E-state index in [4.69, 9.17) is 32.8 Å². The first-order chi connectivity index (χ1) is 21.4. The number of aromatic amines is 1. The number of nitrogens with one attached hydrogen (secondary N) is 1. The zero-order chi connectivity index (χ0) is 31.0. The molecule has 9 nitrogen and oxygen atoms in total. The summed E-state index contributed by atoms with van der Waals surface area (Å²) in [6.45, 7) is 0. The van der Waals surface area contributed by atoms with Gasteiger partial charge < -0.3 is 37.8 Å². The van der Waals surface area contributed by atoms with E-state index in [0.29, 0.717) is 40.1 Å². The van der Waals surface area contributed by atoms with Crippen molar-refractivity contribution in [3.63, 3.8) is 0 Å². The Hall–Kier alpha value is -5.57. The molecule has 0 amide bonds. The molecule has 0 aliphatic carbocycles. The fourth-order valence-electron chi connectivity index (χ4n) is 5.67. The molecule has 0 saturated heterocycles. The van der Waals surface area contributed by atoms with Crippen LogP contribution in [0.4, 0.5) is 0 Å². The zero-order valence-corrected chi connectivity index (χ0v) is 25.2. The van der Waals surface area contributed by atoms with Crippen molar-refractivity contribution in [1.82, 2.24) is 4.98 Å². The molecule has 0 bridgehead atoms. The Labute approximate surface area is 253 Å². The van der Waals surface area contributed by atoms with E-state index in [2.05, 4.69) is 4.98 Å². The van der Waals surface area contributed by atoms with Crippen LogP contribution in [0.3, 0.4) is 0 Å². The van der Waals surface area contributed by atoms with E-state index in [1.54, 1.807) is 42.7 Å². The molecule has 0 fully saturated rings. The number of benzene rings is 4. The van der Waals surface area contributed by atoms with Crippen molar-refractivity contribution < 1.29 is 32.8 Å². The van der Waals surface area contributed by atoms with Crippen molar-refractivity contribution in [3.8, 4) is 68.0 Å². The number of aromatic nitrogens is 1. The van der Waals surface area contributed by atoms with Gasteiger partial charge in [-0.05, 0) is 47.0 Å². The second kappa shape index (κ2) is 11.6. The van der Waals surface area contributed by atoms with Gasteiger partial charge in [0, 0.05) is 34.0 Å².